The van der Waals surface area contributed by atoms with Gasteiger partial charge in [-0.2, -0.15) is 0 Å². The van der Waals surface area contributed by atoms with Crippen LogP contribution in [0.4, 0.5) is 0 Å². The summed E-state index contributed by atoms with van der Waals surface area (Å²) in [6.45, 7) is 3.37. The summed E-state index contributed by atoms with van der Waals surface area (Å²) in [5, 5.41) is 25.6. The first-order valence-electron chi connectivity index (χ1n) is 12.3. The van der Waals surface area contributed by atoms with Crippen LogP contribution in [0, 0.1) is 0 Å². The highest BCUT2D eigenvalue weighted by molar-refractivity contribution is 6.31. The number of halogens is 1. The fraction of sp³-hybridized carbons (Fsp3) is 0.407. The zero-order valence-electron chi connectivity index (χ0n) is 20.4. The number of phenols is 1. The van der Waals surface area contributed by atoms with Crippen LogP contribution in [-0.2, 0) is 11.3 Å². The lowest BCUT2D eigenvalue weighted by Crippen LogP contribution is -2.44. The molecule has 0 spiro atoms. The second-order valence-corrected chi connectivity index (χ2v) is 9.82. The van der Waals surface area contributed by atoms with Crippen LogP contribution in [0.3, 0.4) is 0 Å². The van der Waals surface area contributed by atoms with Crippen LogP contribution in [0.5, 0.6) is 5.75 Å². The lowest BCUT2D eigenvalue weighted by molar-refractivity contribution is -0.130. The van der Waals surface area contributed by atoms with Gasteiger partial charge in [0.1, 0.15) is 5.75 Å². The van der Waals surface area contributed by atoms with Gasteiger partial charge in [0, 0.05) is 55.6 Å². The summed E-state index contributed by atoms with van der Waals surface area (Å²) in [4.78, 5) is 30.9. The molecular formula is C27H33ClN4O4. The predicted octanol–water partition coefficient (Wildman–Crippen LogP) is 3.02. The number of phenolic OH excluding ortho intramolecular Hbond substituents is 1. The van der Waals surface area contributed by atoms with Crippen LogP contribution in [0.1, 0.15) is 36.5 Å². The zero-order chi connectivity index (χ0) is 25.7. The molecule has 9 heteroatoms. The Bertz CT molecular complexity index is 1260. The number of pyridine rings is 1. The summed E-state index contributed by atoms with van der Waals surface area (Å²) in [7, 11) is 1.81. The minimum Gasteiger partial charge on any atom is -0.506 e. The van der Waals surface area contributed by atoms with Gasteiger partial charge in [-0.15, -0.1) is 0 Å². The van der Waals surface area contributed by atoms with E-state index < -0.39 is 6.10 Å². The minimum absolute atomic E-state index is 0.0208. The Morgan fingerprint density at radius 3 is 2.69 bits per heavy atom. The molecule has 0 aliphatic carbocycles. The molecule has 4 rings (SSSR count). The van der Waals surface area contributed by atoms with Gasteiger partial charge in [-0.25, -0.2) is 0 Å². The van der Waals surface area contributed by atoms with Crippen molar-refractivity contribution in [1.29, 1.82) is 0 Å². The number of likely N-dealkylation sites (tertiary alicyclic amines) is 1. The van der Waals surface area contributed by atoms with E-state index in [2.05, 4.69) is 15.2 Å². The summed E-state index contributed by atoms with van der Waals surface area (Å²) in [5.74, 6) is 0.0771. The van der Waals surface area contributed by atoms with Gasteiger partial charge in [-0.3, -0.25) is 9.59 Å². The number of H-pyrrole nitrogens is 1. The number of aromatic amines is 1. The van der Waals surface area contributed by atoms with Gasteiger partial charge >= 0.3 is 0 Å². The molecule has 0 saturated carbocycles. The molecular weight excluding hydrogens is 480 g/mol. The number of fused-ring (bicyclic) bond motifs is 1. The lowest BCUT2D eigenvalue weighted by atomic mass is 10.0. The third-order valence-electron chi connectivity index (χ3n) is 6.89. The van der Waals surface area contributed by atoms with Gasteiger partial charge in [0.15, 0.2) is 0 Å². The lowest BCUT2D eigenvalue weighted by Gasteiger charge is -2.33. The number of carbonyl (C=O) groups is 1. The first-order chi connectivity index (χ1) is 17.3. The van der Waals surface area contributed by atoms with Crippen molar-refractivity contribution in [2.24, 2.45) is 0 Å². The van der Waals surface area contributed by atoms with Crippen molar-refractivity contribution in [3.05, 3.63) is 75.0 Å². The van der Waals surface area contributed by atoms with Gasteiger partial charge in [-0.05, 0) is 55.3 Å². The second-order valence-electron chi connectivity index (χ2n) is 9.42. The van der Waals surface area contributed by atoms with E-state index in [-0.39, 0.29) is 23.3 Å². The average Bonchev–Trinajstić information content (AvgIpc) is 2.88. The molecule has 4 N–H and O–H groups in total. The molecule has 2 heterocycles. The predicted molar refractivity (Wildman–Crippen MR) is 141 cm³/mol. The summed E-state index contributed by atoms with van der Waals surface area (Å²) in [6.07, 6.45) is 1.55. The molecule has 3 aromatic rings. The van der Waals surface area contributed by atoms with Crippen molar-refractivity contribution in [3.8, 4) is 5.75 Å². The van der Waals surface area contributed by atoms with Crippen LogP contribution < -0.4 is 10.9 Å². The Morgan fingerprint density at radius 1 is 1.19 bits per heavy atom. The number of nitrogens with one attached hydrogen (secondary N) is 2. The summed E-state index contributed by atoms with van der Waals surface area (Å²) < 4.78 is 0. The largest absolute Gasteiger partial charge is 0.506 e. The van der Waals surface area contributed by atoms with E-state index in [1.54, 1.807) is 17.0 Å². The molecule has 1 fully saturated rings. The van der Waals surface area contributed by atoms with E-state index in [0.29, 0.717) is 41.0 Å². The molecule has 192 valence electrons. The molecule has 1 amide bonds. The first kappa shape index (κ1) is 26.2. The highest BCUT2D eigenvalue weighted by Gasteiger charge is 2.22. The van der Waals surface area contributed by atoms with Crippen molar-refractivity contribution < 1.29 is 15.0 Å². The van der Waals surface area contributed by atoms with Gasteiger partial charge in [-0.1, -0.05) is 35.9 Å². The number of benzene rings is 2. The molecule has 1 saturated heterocycles. The number of nitrogens with zero attached hydrogens (tertiary/aromatic N) is 2. The number of amides is 1. The molecule has 0 radical (unpaired) electrons. The van der Waals surface area contributed by atoms with E-state index in [0.717, 1.165) is 38.0 Å². The Balaban J connectivity index is 1.21. The standard InChI is InChI=1S/C27H33ClN4O4/c1-31(17-18-4-2-3-5-22(18)28)26(36)12-15-32-13-10-19(11-14-32)29-16-24(34)20-6-8-23(33)27-21(20)7-9-25(35)30-27/h2-9,19,24,29,33-34H,10-17H2,1H3,(H,30,35)/t24-/m1/s1. The number of aromatic hydroxyl groups is 1. The highest BCUT2D eigenvalue weighted by atomic mass is 35.5. The molecule has 36 heavy (non-hydrogen) atoms. The highest BCUT2D eigenvalue weighted by Crippen LogP contribution is 2.28. The third-order valence-corrected chi connectivity index (χ3v) is 7.26. The van der Waals surface area contributed by atoms with Crippen LogP contribution >= 0.6 is 11.6 Å². The van der Waals surface area contributed by atoms with Crippen molar-refractivity contribution in [1.82, 2.24) is 20.1 Å². The number of rotatable bonds is 9. The molecule has 2 aromatic carbocycles. The molecule has 1 atom stereocenters. The zero-order valence-corrected chi connectivity index (χ0v) is 21.2. The molecule has 0 bridgehead atoms. The van der Waals surface area contributed by atoms with E-state index in [1.165, 1.54) is 12.1 Å². The Labute approximate surface area is 215 Å². The van der Waals surface area contributed by atoms with Crippen molar-refractivity contribution in [2.75, 3.05) is 33.2 Å². The summed E-state index contributed by atoms with van der Waals surface area (Å²) in [5.41, 5.74) is 1.63. The third kappa shape index (κ3) is 6.44. The summed E-state index contributed by atoms with van der Waals surface area (Å²) in [6, 6.07) is 14.0. The molecule has 1 aromatic heterocycles. The number of piperidine rings is 1. The van der Waals surface area contributed by atoms with Crippen LogP contribution in [0.25, 0.3) is 10.9 Å². The van der Waals surface area contributed by atoms with E-state index in [9.17, 15) is 19.8 Å². The maximum absolute atomic E-state index is 12.6. The topological polar surface area (TPSA) is 109 Å². The molecule has 1 aliphatic heterocycles. The number of aliphatic hydroxyl groups excluding tert-OH is 1. The van der Waals surface area contributed by atoms with Gasteiger partial charge in [0.05, 0.1) is 11.6 Å². The van der Waals surface area contributed by atoms with Crippen LogP contribution in [0.15, 0.2) is 53.3 Å². The molecule has 1 aliphatic rings. The normalized spacial score (nSPS) is 15.8. The average molecular weight is 513 g/mol. The number of aromatic nitrogens is 1. The number of carbonyl (C=O) groups excluding carboxylic acids is 1. The minimum atomic E-state index is -0.775. The fourth-order valence-corrected chi connectivity index (χ4v) is 4.91. The van der Waals surface area contributed by atoms with Gasteiger partial charge < -0.3 is 30.3 Å². The Morgan fingerprint density at radius 2 is 1.94 bits per heavy atom. The Kier molecular flexibility index (Phi) is 8.64. The smallest absolute Gasteiger partial charge is 0.248 e. The molecule has 0 unspecified atom stereocenters. The van der Waals surface area contributed by atoms with E-state index in [1.807, 2.05) is 31.3 Å². The monoisotopic (exact) mass is 512 g/mol. The maximum atomic E-state index is 12.6. The quantitative estimate of drug-likeness (QED) is 0.351. The maximum Gasteiger partial charge on any atom is 0.248 e. The van der Waals surface area contributed by atoms with E-state index >= 15 is 0 Å². The Hall–Kier alpha value is -2.91. The summed E-state index contributed by atoms with van der Waals surface area (Å²) >= 11 is 6.21. The second kappa shape index (κ2) is 11.9. The number of aliphatic hydroxyl groups is 1. The number of hydrogen-bond donors (Lipinski definition) is 4. The van der Waals surface area contributed by atoms with Gasteiger partial charge in [0.25, 0.3) is 0 Å². The van der Waals surface area contributed by atoms with Gasteiger partial charge in [0.2, 0.25) is 11.5 Å². The first-order valence-corrected chi connectivity index (χ1v) is 12.7. The van der Waals surface area contributed by atoms with Crippen molar-refractivity contribution in [2.45, 2.75) is 38.0 Å². The molecule has 8 nitrogen and oxygen atoms in total. The SMILES string of the molecule is CN(Cc1ccccc1Cl)C(=O)CCN1CCC(NC[C@@H](O)c2ccc(O)c3[nH]c(=O)ccc23)CC1. The van der Waals surface area contributed by atoms with E-state index in [4.69, 9.17) is 11.6 Å². The fourth-order valence-electron chi connectivity index (χ4n) is 4.71. The van der Waals surface area contributed by atoms with Crippen LogP contribution in [0.2, 0.25) is 5.02 Å². The van der Waals surface area contributed by atoms with Crippen LogP contribution in [-0.4, -0.2) is 70.2 Å². The van der Waals surface area contributed by atoms with Crippen molar-refractivity contribution in [3.63, 3.8) is 0 Å². The van der Waals surface area contributed by atoms with Crippen molar-refractivity contribution >= 4 is 28.4 Å². The number of hydrogen-bond acceptors (Lipinski definition) is 6.